The van der Waals surface area contributed by atoms with Crippen molar-refractivity contribution < 1.29 is 9.90 Å². The summed E-state index contributed by atoms with van der Waals surface area (Å²) in [5.74, 6) is -0.484. The van der Waals surface area contributed by atoms with Gasteiger partial charge in [0.1, 0.15) is 5.69 Å². The molecule has 1 aromatic carbocycles. The molecule has 1 heterocycles. The summed E-state index contributed by atoms with van der Waals surface area (Å²) >= 11 is 0. The van der Waals surface area contributed by atoms with Gasteiger partial charge in [-0.25, -0.2) is 0 Å². The monoisotopic (exact) mass is 217 g/mol. The Morgan fingerprint density at radius 3 is 2.94 bits per heavy atom. The number of amides is 1. The second kappa shape index (κ2) is 3.98. The molecule has 0 spiro atoms. The Hall–Kier alpha value is -1.81. The standard InChI is InChI=1S/C12H13N2O2/c1-8-2-3-10-9(6-8)7-11(12(13)16)14(10)4-5-15/h3,6-7,15H,4-5H2,1H3,(H2,13,16). The first-order chi connectivity index (χ1) is 7.63. The topological polar surface area (TPSA) is 68.2 Å². The van der Waals surface area contributed by atoms with Crippen LogP contribution >= 0.6 is 0 Å². The van der Waals surface area contributed by atoms with Gasteiger partial charge in [0.25, 0.3) is 5.91 Å². The molecular formula is C12H13N2O2. The number of benzene rings is 1. The lowest BCUT2D eigenvalue weighted by molar-refractivity contribution is 0.0991. The number of aryl methyl sites for hydroxylation is 1. The highest BCUT2D eigenvalue weighted by molar-refractivity contribution is 5.97. The second-order valence-electron chi connectivity index (χ2n) is 3.73. The van der Waals surface area contributed by atoms with E-state index in [1.807, 2.05) is 19.1 Å². The van der Waals surface area contributed by atoms with Crippen LogP contribution in [-0.2, 0) is 6.54 Å². The summed E-state index contributed by atoms with van der Waals surface area (Å²) in [6.07, 6.45) is 0. The number of nitrogens with zero attached hydrogens (tertiary/aromatic N) is 1. The van der Waals surface area contributed by atoms with Crippen LogP contribution < -0.4 is 5.73 Å². The van der Waals surface area contributed by atoms with E-state index in [-0.39, 0.29) is 6.61 Å². The molecule has 4 nitrogen and oxygen atoms in total. The van der Waals surface area contributed by atoms with Crippen LogP contribution in [0, 0.1) is 13.0 Å². The fourth-order valence-electron chi connectivity index (χ4n) is 1.86. The molecule has 4 heteroatoms. The molecule has 0 aliphatic rings. The maximum Gasteiger partial charge on any atom is 0.265 e. The third kappa shape index (κ3) is 1.67. The quantitative estimate of drug-likeness (QED) is 0.800. The van der Waals surface area contributed by atoms with E-state index in [2.05, 4.69) is 6.07 Å². The Morgan fingerprint density at radius 2 is 2.31 bits per heavy atom. The van der Waals surface area contributed by atoms with E-state index < -0.39 is 5.91 Å². The van der Waals surface area contributed by atoms with E-state index in [1.54, 1.807) is 10.6 Å². The smallest absolute Gasteiger partial charge is 0.265 e. The molecule has 0 saturated heterocycles. The van der Waals surface area contributed by atoms with Crippen LogP contribution in [0.2, 0.25) is 0 Å². The summed E-state index contributed by atoms with van der Waals surface area (Å²) in [7, 11) is 0. The third-order valence-electron chi connectivity index (χ3n) is 2.55. The van der Waals surface area contributed by atoms with E-state index >= 15 is 0 Å². The van der Waals surface area contributed by atoms with Crippen LogP contribution in [0.25, 0.3) is 10.9 Å². The van der Waals surface area contributed by atoms with E-state index in [4.69, 9.17) is 10.8 Å². The molecule has 0 atom stereocenters. The van der Waals surface area contributed by atoms with Gasteiger partial charge in [-0.1, -0.05) is 0 Å². The Labute approximate surface area is 93.3 Å². The number of aliphatic hydroxyl groups is 1. The van der Waals surface area contributed by atoms with Crippen molar-refractivity contribution in [2.45, 2.75) is 13.5 Å². The summed E-state index contributed by atoms with van der Waals surface area (Å²) in [5.41, 5.74) is 7.59. The molecule has 0 aliphatic carbocycles. The Morgan fingerprint density at radius 1 is 1.56 bits per heavy atom. The molecule has 0 bridgehead atoms. The predicted octanol–water partition coefficient (Wildman–Crippen LogP) is 0.841. The van der Waals surface area contributed by atoms with Crippen molar-refractivity contribution in [1.29, 1.82) is 0 Å². The average Bonchev–Trinajstić information content (AvgIpc) is 2.57. The molecule has 83 valence electrons. The third-order valence-corrected chi connectivity index (χ3v) is 2.55. The van der Waals surface area contributed by atoms with Gasteiger partial charge in [0, 0.05) is 17.4 Å². The summed E-state index contributed by atoms with van der Waals surface area (Å²) in [4.78, 5) is 11.3. The number of carbonyl (C=O) groups excluding carboxylic acids is 1. The molecule has 0 aliphatic heterocycles. The Kier molecular flexibility index (Phi) is 2.66. The van der Waals surface area contributed by atoms with E-state index in [0.29, 0.717) is 12.2 Å². The van der Waals surface area contributed by atoms with Gasteiger partial charge in [-0.15, -0.1) is 0 Å². The number of fused-ring (bicyclic) bond motifs is 1. The number of carbonyl (C=O) groups is 1. The van der Waals surface area contributed by atoms with Crippen LogP contribution in [0.5, 0.6) is 0 Å². The van der Waals surface area contributed by atoms with Crippen molar-refractivity contribution in [3.05, 3.63) is 35.5 Å². The van der Waals surface area contributed by atoms with Gasteiger partial charge in [0.2, 0.25) is 0 Å². The molecule has 2 aromatic rings. The zero-order chi connectivity index (χ0) is 11.7. The Balaban J connectivity index is 2.70. The van der Waals surface area contributed by atoms with Crippen molar-refractivity contribution in [3.63, 3.8) is 0 Å². The minimum Gasteiger partial charge on any atom is -0.395 e. The molecule has 0 fully saturated rings. The minimum atomic E-state index is -0.484. The average molecular weight is 217 g/mol. The lowest BCUT2D eigenvalue weighted by atomic mass is 10.2. The fraction of sp³-hybridized carbons (Fsp3) is 0.250. The predicted molar refractivity (Wildman–Crippen MR) is 61.1 cm³/mol. The van der Waals surface area contributed by atoms with Crippen LogP contribution in [0.4, 0.5) is 0 Å². The lowest BCUT2D eigenvalue weighted by Gasteiger charge is -2.06. The first-order valence-corrected chi connectivity index (χ1v) is 5.05. The first kappa shape index (κ1) is 10.7. The normalized spacial score (nSPS) is 10.9. The lowest BCUT2D eigenvalue weighted by Crippen LogP contribution is -2.17. The van der Waals surface area contributed by atoms with E-state index in [9.17, 15) is 4.79 Å². The number of hydrogen-bond donors (Lipinski definition) is 2. The van der Waals surface area contributed by atoms with Gasteiger partial charge in [-0.05, 0) is 36.8 Å². The van der Waals surface area contributed by atoms with E-state index in [0.717, 1.165) is 16.5 Å². The number of aliphatic hydroxyl groups excluding tert-OH is 1. The van der Waals surface area contributed by atoms with Crippen molar-refractivity contribution in [3.8, 4) is 0 Å². The Bertz CT molecular complexity index is 543. The number of aromatic nitrogens is 1. The fourth-order valence-corrected chi connectivity index (χ4v) is 1.86. The van der Waals surface area contributed by atoms with E-state index in [1.165, 1.54) is 0 Å². The zero-order valence-corrected chi connectivity index (χ0v) is 9.03. The van der Waals surface area contributed by atoms with Gasteiger partial charge in [0.15, 0.2) is 0 Å². The number of nitrogens with two attached hydrogens (primary N) is 1. The SMILES string of the molecule is Cc1[c]cc2c(c1)cc(C(N)=O)n2CCO. The maximum atomic E-state index is 11.3. The van der Waals surface area contributed by atoms with Gasteiger partial charge < -0.3 is 15.4 Å². The zero-order valence-electron chi connectivity index (χ0n) is 9.03. The van der Waals surface area contributed by atoms with Crippen LogP contribution in [0.1, 0.15) is 16.1 Å². The number of rotatable bonds is 3. The van der Waals surface area contributed by atoms with Crippen molar-refractivity contribution in [2.24, 2.45) is 5.73 Å². The number of hydrogen-bond acceptors (Lipinski definition) is 2. The first-order valence-electron chi connectivity index (χ1n) is 5.05. The van der Waals surface area contributed by atoms with Crippen LogP contribution in [0.15, 0.2) is 18.2 Å². The molecule has 0 saturated carbocycles. The van der Waals surface area contributed by atoms with Gasteiger partial charge in [-0.3, -0.25) is 4.79 Å². The largest absolute Gasteiger partial charge is 0.395 e. The molecule has 0 unspecified atom stereocenters. The van der Waals surface area contributed by atoms with Crippen LogP contribution in [-0.4, -0.2) is 22.2 Å². The van der Waals surface area contributed by atoms with Gasteiger partial charge in [0.05, 0.1) is 6.61 Å². The summed E-state index contributed by atoms with van der Waals surface area (Å²) in [6.45, 7) is 2.27. The highest BCUT2D eigenvalue weighted by Gasteiger charge is 2.12. The van der Waals surface area contributed by atoms with Crippen molar-refractivity contribution in [1.82, 2.24) is 4.57 Å². The van der Waals surface area contributed by atoms with Gasteiger partial charge in [-0.2, -0.15) is 0 Å². The second-order valence-corrected chi connectivity index (χ2v) is 3.73. The minimum absolute atomic E-state index is 0.0298. The summed E-state index contributed by atoms with van der Waals surface area (Å²) in [5, 5.41) is 9.92. The molecular weight excluding hydrogens is 204 g/mol. The summed E-state index contributed by atoms with van der Waals surface area (Å²) < 4.78 is 1.72. The number of primary amides is 1. The van der Waals surface area contributed by atoms with Crippen molar-refractivity contribution in [2.75, 3.05) is 6.61 Å². The van der Waals surface area contributed by atoms with Crippen LogP contribution in [0.3, 0.4) is 0 Å². The summed E-state index contributed by atoms with van der Waals surface area (Å²) in [6, 6.07) is 8.57. The molecule has 16 heavy (non-hydrogen) atoms. The molecule has 1 radical (unpaired) electrons. The highest BCUT2D eigenvalue weighted by Crippen LogP contribution is 2.20. The molecule has 3 N–H and O–H groups in total. The van der Waals surface area contributed by atoms with Crippen molar-refractivity contribution >= 4 is 16.8 Å². The molecule has 1 aromatic heterocycles. The highest BCUT2D eigenvalue weighted by atomic mass is 16.3. The molecule has 1 amide bonds. The van der Waals surface area contributed by atoms with Gasteiger partial charge >= 0.3 is 0 Å². The maximum absolute atomic E-state index is 11.3. The molecule has 2 rings (SSSR count).